The number of piperidine rings is 2. The van der Waals surface area contributed by atoms with Crippen LogP contribution in [0.4, 0.5) is 13.2 Å². The summed E-state index contributed by atoms with van der Waals surface area (Å²) in [4.78, 5) is 11.1. The normalized spacial score (nSPS) is 24.6. The maximum atomic E-state index is 13.0. The van der Waals surface area contributed by atoms with Gasteiger partial charge in [-0.05, 0) is 56.9 Å². The molecule has 2 aliphatic rings. The Bertz CT molecular complexity index is 870. The second kappa shape index (κ2) is 9.21. The molecule has 0 radical (unpaired) electrons. The fourth-order valence-corrected chi connectivity index (χ4v) is 5.79. The van der Waals surface area contributed by atoms with E-state index in [1.807, 2.05) is 0 Å². The predicted molar refractivity (Wildman–Crippen MR) is 101 cm³/mol. The smallest absolute Gasteiger partial charge is 0.550 e. The van der Waals surface area contributed by atoms with Crippen LogP contribution in [0, 0.1) is 5.92 Å². The number of alkyl halides is 3. The minimum Gasteiger partial charge on any atom is -0.550 e. The van der Waals surface area contributed by atoms with Crippen LogP contribution in [0.25, 0.3) is 0 Å². The highest BCUT2D eigenvalue weighted by molar-refractivity contribution is 7.86. The van der Waals surface area contributed by atoms with Gasteiger partial charge >= 0.3 is 6.36 Å². The molecule has 0 saturated carbocycles. The molecular formula is C19H24F3N2O6S-. The summed E-state index contributed by atoms with van der Waals surface area (Å²) in [6.45, 7) is 2.28. The van der Waals surface area contributed by atoms with Gasteiger partial charge in [0.05, 0.1) is 0 Å². The fraction of sp³-hybridized carbons (Fsp3) is 0.632. The first kappa shape index (κ1) is 23.6. The van der Waals surface area contributed by atoms with Gasteiger partial charge in [0.15, 0.2) is 0 Å². The zero-order chi connectivity index (χ0) is 22.8. The van der Waals surface area contributed by atoms with E-state index in [1.165, 1.54) is 20.7 Å². The molecule has 8 nitrogen and oxygen atoms in total. The van der Waals surface area contributed by atoms with Gasteiger partial charge in [0.25, 0.3) is 10.2 Å². The Kier molecular flexibility index (Phi) is 7.01. The lowest BCUT2D eigenvalue weighted by molar-refractivity contribution is -0.312. The van der Waals surface area contributed by atoms with Crippen molar-refractivity contribution in [2.75, 3.05) is 19.6 Å². The van der Waals surface area contributed by atoms with Crippen molar-refractivity contribution < 1.29 is 41.0 Å². The molecule has 2 fully saturated rings. The van der Waals surface area contributed by atoms with Gasteiger partial charge in [0.2, 0.25) is 0 Å². The lowest BCUT2D eigenvalue weighted by Crippen LogP contribution is -2.54. The van der Waals surface area contributed by atoms with Crippen LogP contribution in [0.3, 0.4) is 0 Å². The molecule has 2 atom stereocenters. The first-order valence-corrected chi connectivity index (χ1v) is 11.4. The third kappa shape index (κ3) is 6.01. The summed E-state index contributed by atoms with van der Waals surface area (Å²) < 4.78 is 74.9. The van der Waals surface area contributed by atoms with Crippen molar-refractivity contribution >= 4 is 16.2 Å². The zero-order valence-corrected chi connectivity index (χ0v) is 17.7. The number of carboxylic acids is 1. The minimum atomic E-state index is -4.77. The molecule has 3 rings (SSSR count). The number of hydrogen-bond acceptors (Lipinski definition) is 6. The molecule has 174 valence electrons. The maximum Gasteiger partial charge on any atom is 0.573 e. The van der Waals surface area contributed by atoms with E-state index in [9.17, 15) is 31.5 Å². The number of carboxylic acid groups (broad SMARTS) is 1. The van der Waals surface area contributed by atoms with E-state index in [0.717, 1.165) is 12.1 Å². The Morgan fingerprint density at radius 2 is 1.65 bits per heavy atom. The Morgan fingerprint density at radius 1 is 1.06 bits per heavy atom. The van der Waals surface area contributed by atoms with E-state index in [1.54, 1.807) is 6.92 Å². The third-order valence-corrected chi connectivity index (χ3v) is 7.69. The first-order chi connectivity index (χ1) is 14.5. The minimum absolute atomic E-state index is 0.130. The largest absolute Gasteiger partial charge is 0.573 e. The van der Waals surface area contributed by atoms with Crippen molar-refractivity contribution in [2.45, 2.75) is 51.1 Å². The van der Waals surface area contributed by atoms with Crippen LogP contribution in [0.1, 0.15) is 32.6 Å². The molecule has 2 unspecified atom stereocenters. The van der Waals surface area contributed by atoms with Crippen LogP contribution >= 0.6 is 0 Å². The van der Waals surface area contributed by atoms with Gasteiger partial charge < -0.3 is 19.4 Å². The Hall–Kier alpha value is -2.05. The first-order valence-electron chi connectivity index (χ1n) is 9.96. The molecule has 0 spiro atoms. The predicted octanol–water partition coefficient (Wildman–Crippen LogP) is 1.52. The number of aliphatic carboxylic acids is 1. The molecule has 0 aliphatic carbocycles. The molecule has 1 aromatic carbocycles. The van der Waals surface area contributed by atoms with E-state index in [2.05, 4.69) is 4.74 Å². The summed E-state index contributed by atoms with van der Waals surface area (Å²) >= 11 is 0. The molecule has 2 heterocycles. The van der Waals surface area contributed by atoms with Gasteiger partial charge in [-0.15, -0.1) is 13.2 Å². The molecule has 2 saturated heterocycles. The van der Waals surface area contributed by atoms with Gasteiger partial charge in [-0.3, -0.25) is 0 Å². The molecule has 31 heavy (non-hydrogen) atoms. The Balaban J connectivity index is 1.52. The number of ether oxygens (including phenoxy) is 2. The van der Waals surface area contributed by atoms with E-state index in [-0.39, 0.29) is 44.3 Å². The second-order valence-corrected chi connectivity index (χ2v) is 9.62. The molecule has 0 bridgehead atoms. The number of halogens is 3. The van der Waals surface area contributed by atoms with Crippen LogP contribution in [0.15, 0.2) is 24.3 Å². The monoisotopic (exact) mass is 465 g/mol. The summed E-state index contributed by atoms with van der Waals surface area (Å²) in [6, 6.07) is 4.61. The average Bonchev–Trinajstić information content (AvgIpc) is 2.68. The number of nitrogens with zero attached hydrogens (tertiary/aromatic N) is 2. The highest BCUT2D eigenvalue weighted by atomic mass is 32.2. The molecule has 12 heteroatoms. The fourth-order valence-electron chi connectivity index (χ4n) is 3.95. The SMILES string of the molecule is CC1CC(C(=O)[O-])CCN1S(=O)(=O)N1CCC(Oc2ccc(OC(F)(F)F)cc2)CC1. The van der Waals surface area contributed by atoms with Crippen LogP contribution in [-0.2, 0) is 15.0 Å². The van der Waals surface area contributed by atoms with Crippen molar-refractivity contribution in [3.8, 4) is 11.5 Å². The van der Waals surface area contributed by atoms with E-state index in [0.29, 0.717) is 18.6 Å². The van der Waals surface area contributed by atoms with E-state index in [4.69, 9.17) is 4.74 Å². The molecular weight excluding hydrogens is 441 g/mol. The van der Waals surface area contributed by atoms with Gasteiger partial charge in [-0.1, -0.05) is 0 Å². The third-order valence-electron chi connectivity index (χ3n) is 5.53. The van der Waals surface area contributed by atoms with E-state index >= 15 is 0 Å². The van der Waals surface area contributed by atoms with Crippen molar-refractivity contribution in [1.29, 1.82) is 0 Å². The van der Waals surface area contributed by atoms with Crippen LogP contribution in [-0.4, -0.2) is 61.1 Å². The number of hydrogen-bond donors (Lipinski definition) is 0. The molecule has 0 amide bonds. The standard InChI is InChI=1S/C19H25F3N2O6S/c1-13-12-14(18(25)26)6-11-24(13)31(27,28)23-9-7-16(8-10-23)29-15-2-4-17(5-3-15)30-19(20,21)22/h2-5,13-14,16H,6-12H2,1H3,(H,25,26)/p-1. The number of carbonyl (C=O) groups excluding carboxylic acids is 1. The number of carbonyl (C=O) groups is 1. The van der Waals surface area contributed by atoms with E-state index < -0.39 is 34.5 Å². The lowest BCUT2D eigenvalue weighted by Gasteiger charge is -2.41. The van der Waals surface area contributed by atoms with Crippen LogP contribution in [0.2, 0.25) is 0 Å². The topological polar surface area (TPSA) is 99.2 Å². The second-order valence-electron chi connectivity index (χ2n) is 7.74. The van der Waals surface area contributed by atoms with Crippen LogP contribution < -0.4 is 14.6 Å². The number of benzene rings is 1. The summed E-state index contributed by atoms with van der Waals surface area (Å²) in [5.74, 6) is -1.78. The van der Waals surface area contributed by atoms with Crippen LogP contribution in [0.5, 0.6) is 11.5 Å². The molecule has 2 aliphatic heterocycles. The Labute approximate surface area is 178 Å². The van der Waals surface area contributed by atoms with Crippen molar-refractivity contribution in [3.63, 3.8) is 0 Å². The number of rotatable bonds is 6. The van der Waals surface area contributed by atoms with Crippen molar-refractivity contribution in [1.82, 2.24) is 8.61 Å². The maximum absolute atomic E-state index is 13.0. The zero-order valence-electron chi connectivity index (χ0n) is 16.9. The lowest BCUT2D eigenvalue weighted by atomic mass is 9.93. The molecule has 0 N–H and O–H groups in total. The summed E-state index contributed by atoms with van der Waals surface area (Å²) in [5, 5.41) is 11.1. The Morgan fingerprint density at radius 3 is 2.16 bits per heavy atom. The average molecular weight is 465 g/mol. The highest BCUT2D eigenvalue weighted by Gasteiger charge is 2.39. The summed E-state index contributed by atoms with van der Waals surface area (Å²) in [5.41, 5.74) is 0. The van der Waals surface area contributed by atoms with Crippen molar-refractivity contribution in [3.05, 3.63) is 24.3 Å². The highest BCUT2D eigenvalue weighted by Crippen LogP contribution is 2.29. The molecule has 1 aromatic rings. The summed E-state index contributed by atoms with van der Waals surface area (Å²) in [7, 11) is -3.73. The quantitative estimate of drug-likeness (QED) is 0.632. The van der Waals surface area contributed by atoms with Crippen molar-refractivity contribution in [2.24, 2.45) is 5.92 Å². The summed E-state index contributed by atoms with van der Waals surface area (Å²) in [6.07, 6.45) is -3.76. The van der Waals surface area contributed by atoms with Gasteiger partial charge in [-0.2, -0.15) is 17.0 Å². The molecule has 0 aromatic heterocycles. The van der Waals surface area contributed by atoms with Gasteiger partial charge in [-0.25, -0.2) is 0 Å². The van der Waals surface area contributed by atoms with Gasteiger partial charge in [0.1, 0.15) is 17.6 Å². The van der Waals surface area contributed by atoms with Gasteiger partial charge in [0, 0.05) is 37.6 Å².